The van der Waals surface area contributed by atoms with Crippen LogP contribution in [0.15, 0.2) is 53.4 Å². The molecule has 1 aliphatic heterocycles. The lowest BCUT2D eigenvalue weighted by atomic mass is 10.1. The standard InChI is InChI=1S/C21H19NO5S/c1-14-6-8-15(9-7-14)13-22-20(25)18(28-21(22)26)12-16-4-2-3-5-17(16)27-11-10-19(23)24/h2-9,12H,10-11,13H2,1H3,(H,23,24)/b18-12+. The number of carbonyl (C=O) groups excluding carboxylic acids is 2. The highest BCUT2D eigenvalue weighted by Crippen LogP contribution is 2.34. The van der Waals surface area contributed by atoms with Crippen LogP contribution in [0.5, 0.6) is 5.75 Å². The van der Waals surface area contributed by atoms with E-state index in [1.54, 1.807) is 30.3 Å². The van der Waals surface area contributed by atoms with Gasteiger partial charge in [-0.2, -0.15) is 0 Å². The molecule has 1 aliphatic rings. The maximum Gasteiger partial charge on any atom is 0.306 e. The van der Waals surface area contributed by atoms with Crippen molar-refractivity contribution in [3.8, 4) is 5.75 Å². The van der Waals surface area contributed by atoms with Crippen molar-refractivity contribution in [2.45, 2.75) is 19.9 Å². The summed E-state index contributed by atoms with van der Waals surface area (Å²) in [5.74, 6) is -0.834. The molecule has 1 fully saturated rings. The highest BCUT2D eigenvalue weighted by Gasteiger charge is 2.35. The van der Waals surface area contributed by atoms with Crippen molar-refractivity contribution >= 4 is 35.0 Å². The van der Waals surface area contributed by atoms with Crippen molar-refractivity contribution in [1.82, 2.24) is 4.90 Å². The summed E-state index contributed by atoms with van der Waals surface area (Å²) in [6.07, 6.45) is 1.48. The molecule has 1 heterocycles. The van der Waals surface area contributed by atoms with Gasteiger partial charge in [0.1, 0.15) is 5.75 Å². The van der Waals surface area contributed by atoms with E-state index in [1.807, 2.05) is 31.2 Å². The van der Waals surface area contributed by atoms with Crippen LogP contribution in [0.4, 0.5) is 4.79 Å². The molecular formula is C21H19NO5S. The van der Waals surface area contributed by atoms with Gasteiger partial charge in [0.2, 0.25) is 0 Å². The number of carbonyl (C=O) groups is 3. The van der Waals surface area contributed by atoms with Gasteiger partial charge < -0.3 is 9.84 Å². The van der Waals surface area contributed by atoms with E-state index in [4.69, 9.17) is 9.84 Å². The average molecular weight is 397 g/mol. The lowest BCUT2D eigenvalue weighted by molar-refractivity contribution is -0.137. The molecule has 144 valence electrons. The van der Waals surface area contributed by atoms with E-state index in [2.05, 4.69) is 0 Å². The third kappa shape index (κ3) is 4.80. The minimum absolute atomic E-state index is 0.0229. The molecule has 0 bridgehead atoms. The lowest BCUT2D eigenvalue weighted by Gasteiger charge is -2.12. The van der Waals surface area contributed by atoms with Crippen LogP contribution >= 0.6 is 11.8 Å². The lowest BCUT2D eigenvalue weighted by Crippen LogP contribution is -2.27. The average Bonchev–Trinajstić information content (AvgIpc) is 2.92. The topological polar surface area (TPSA) is 83.9 Å². The van der Waals surface area contributed by atoms with Gasteiger partial charge in [-0.05, 0) is 36.4 Å². The van der Waals surface area contributed by atoms with Gasteiger partial charge in [-0.15, -0.1) is 0 Å². The van der Waals surface area contributed by atoms with E-state index in [0.29, 0.717) is 16.2 Å². The van der Waals surface area contributed by atoms with E-state index in [1.165, 1.54) is 4.90 Å². The molecule has 2 amide bonds. The number of carboxylic acid groups (broad SMARTS) is 1. The Balaban J connectivity index is 1.76. The van der Waals surface area contributed by atoms with Crippen molar-refractivity contribution < 1.29 is 24.2 Å². The molecule has 28 heavy (non-hydrogen) atoms. The van der Waals surface area contributed by atoms with Crippen molar-refractivity contribution in [2.24, 2.45) is 0 Å². The molecule has 3 rings (SSSR count). The predicted molar refractivity (Wildman–Crippen MR) is 107 cm³/mol. The molecular weight excluding hydrogens is 378 g/mol. The van der Waals surface area contributed by atoms with E-state index in [9.17, 15) is 14.4 Å². The first-order chi connectivity index (χ1) is 13.4. The van der Waals surface area contributed by atoms with Gasteiger partial charge in [0.15, 0.2) is 0 Å². The number of aliphatic carboxylic acids is 1. The number of thioether (sulfide) groups is 1. The number of benzene rings is 2. The summed E-state index contributed by atoms with van der Waals surface area (Å²) in [4.78, 5) is 37.2. The fourth-order valence-corrected chi connectivity index (χ4v) is 3.46. The number of rotatable bonds is 7. The summed E-state index contributed by atoms with van der Waals surface area (Å²) >= 11 is 0.885. The quantitative estimate of drug-likeness (QED) is 0.709. The summed E-state index contributed by atoms with van der Waals surface area (Å²) in [6, 6.07) is 14.7. The van der Waals surface area contributed by atoms with Crippen LogP contribution in [0.1, 0.15) is 23.1 Å². The first-order valence-corrected chi connectivity index (χ1v) is 9.50. The SMILES string of the molecule is Cc1ccc(CN2C(=O)S/C(=C/c3ccccc3OCCC(=O)O)C2=O)cc1. The van der Waals surface area contributed by atoms with Crippen LogP contribution in [-0.4, -0.2) is 33.7 Å². The normalized spacial score (nSPS) is 15.3. The van der Waals surface area contributed by atoms with Gasteiger partial charge in [-0.3, -0.25) is 19.3 Å². The second-order valence-corrected chi connectivity index (χ2v) is 7.28. The molecule has 0 aromatic heterocycles. The molecule has 6 nitrogen and oxygen atoms in total. The minimum Gasteiger partial charge on any atom is -0.492 e. The molecule has 0 spiro atoms. The number of para-hydroxylation sites is 1. The Morgan fingerprint density at radius 3 is 2.57 bits per heavy atom. The number of carboxylic acids is 1. The molecule has 2 aromatic rings. The van der Waals surface area contributed by atoms with Crippen LogP contribution in [0.25, 0.3) is 6.08 Å². The third-order valence-electron chi connectivity index (χ3n) is 4.11. The Labute approximate surface area is 166 Å². The number of nitrogens with zero attached hydrogens (tertiary/aromatic N) is 1. The third-order valence-corrected chi connectivity index (χ3v) is 5.02. The summed E-state index contributed by atoms with van der Waals surface area (Å²) in [5, 5.41) is 8.42. The molecule has 0 radical (unpaired) electrons. The van der Waals surface area contributed by atoms with Crippen molar-refractivity contribution in [3.05, 3.63) is 70.1 Å². The van der Waals surface area contributed by atoms with Crippen LogP contribution < -0.4 is 4.74 Å². The molecule has 1 N–H and O–H groups in total. The van der Waals surface area contributed by atoms with E-state index < -0.39 is 5.97 Å². The van der Waals surface area contributed by atoms with Crippen molar-refractivity contribution in [3.63, 3.8) is 0 Å². The molecule has 7 heteroatoms. The van der Waals surface area contributed by atoms with E-state index in [0.717, 1.165) is 22.9 Å². The van der Waals surface area contributed by atoms with E-state index in [-0.39, 0.29) is 30.7 Å². The smallest absolute Gasteiger partial charge is 0.306 e. The molecule has 2 aromatic carbocycles. The zero-order valence-electron chi connectivity index (χ0n) is 15.3. The number of imide groups is 1. The van der Waals surface area contributed by atoms with Crippen molar-refractivity contribution in [1.29, 1.82) is 0 Å². The van der Waals surface area contributed by atoms with Gasteiger partial charge in [-0.1, -0.05) is 48.0 Å². The summed E-state index contributed by atoms with van der Waals surface area (Å²) in [5.41, 5.74) is 2.61. The van der Waals surface area contributed by atoms with Gasteiger partial charge in [-0.25, -0.2) is 0 Å². The number of ether oxygens (including phenoxy) is 1. The Bertz CT molecular complexity index is 936. The Morgan fingerprint density at radius 2 is 1.86 bits per heavy atom. The zero-order valence-corrected chi connectivity index (χ0v) is 16.1. The summed E-state index contributed by atoms with van der Waals surface area (Å²) in [6.45, 7) is 2.22. The number of aryl methyl sites for hydroxylation is 1. The molecule has 0 aliphatic carbocycles. The predicted octanol–water partition coefficient (Wildman–Crippen LogP) is 4.09. The Morgan fingerprint density at radius 1 is 1.14 bits per heavy atom. The van der Waals surface area contributed by atoms with Crippen molar-refractivity contribution in [2.75, 3.05) is 6.61 Å². The zero-order chi connectivity index (χ0) is 20.1. The Hall–Kier alpha value is -3.06. The number of amides is 2. The highest BCUT2D eigenvalue weighted by atomic mass is 32.2. The fraction of sp³-hybridized carbons (Fsp3) is 0.190. The minimum atomic E-state index is -0.949. The maximum absolute atomic E-state index is 12.7. The van der Waals surface area contributed by atoms with Crippen LogP contribution in [0.3, 0.4) is 0 Å². The monoisotopic (exact) mass is 397 g/mol. The van der Waals surface area contributed by atoms with Gasteiger partial charge >= 0.3 is 5.97 Å². The first kappa shape index (κ1) is 19.7. The van der Waals surface area contributed by atoms with Gasteiger partial charge in [0, 0.05) is 5.56 Å². The fourth-order valence-electron chi connectivity index (χ4n) is 2.63. The largest absolute Gasteiger partial charge is 0.492 e. The molecule has 1 saturated heterocycles. The first-order valence-electron chi connectivity index (χ1n) is 8.68. The second kappa shape index (κ2) is 8.75. The summed E-state index contributed by atoms with van der Waals surface area (Å²) < 4.78 is 5.51. The molecule has 0 atom stereocenters. The second-order valence-electron chi connectivity index (χ2n) is 6.28. The van der Waals surface area contributed by atoms with Crippen LogP contribution in [0, 0.1) is 6.92 Å². The number of hydrogen-bond acceptors (Lipinski definition) is 5. The maximum atomic E-state index is 12.7. The number of hydrogen-bond donors (Lipinski definition) is 1. The van der Waals surface area contributed by atoms with E-state index >= 15 is 0 Å². The Kier molecular flexibility index (Phi) is 6.16. The molecule has 0 saturated carbocycles. The molecule has 0 unspecified atom stereocenters. The van der Waals surface area contributed by atoms with Gasteiger partial charge in [0.25, 0.3) is 11.1 Å². The highest BCUT2D eigenvalue weighted by molar-refractivity contribution is 8.18. The van der Waals surface area contributed by atoms with Crippen LogP contribution in [-0.2, 0) is 16.1 Å². The van der Waals surface area contributed by atoms with Crippen LogP contribution in [0.2, 0.25) is 0 Å². The van der Waals surface area contributed by atoms with Gasteiger partial charge in [0.05, 0.1) is 24.5 Å². The summed E-state index contributed by atoms with van der Waals surface area (Å²) in [7, 11) is 0.